The van der Waals surface area contributed by atoms with Crippen molar-refractivity contribution in [2.24, 2.45) is 5.92 Å². The number of hydrogen-bond acceptors (Lipinski definition) is 5. The lowest BCUT2D eigenvalue weighted by Gasteiger charge is -2.29. The lowest BCUT2D eigenvalue weighted by atomic mass is 10.0. The van der Waals surface area contributed by atoms with Gasteiger partial charge in [-0.05, 0) is 51.2 Å². The maximum absolute atomic E-state index is 13.8. The number of piperidine rings is 1. The number of benzene rings is 1. The Kier molecular flexibility index (Phi) is 5.36. The van der Waals surface area contributed by atoms with Crippen molar-refractivity contribution in [2.75, 3.05) is 18.1 Å². The highest BCUT2D eigenvalue weighted by Crippen LogP contribution is 2.48. The Morgan fingerprint density at radius 1 is 1.17 bits per heavy atom. The fourth-order valence-corrected chi connectivity index (χ4v) is 4.44. The van der Waals surface area contributed by atoms with Crippen molar-refractivity contribution in [2.45, 2.75) is 51.7 Å². The molecule has 1 aliphatic carbocycles. The van der Waals surface area contributed by atoms with Crippen LogP contribution >= 0.6 is 0 Å². The summed E-state index contributed by atoms with van der Waals surface area (Å²) in [4.78, 5) is 39.5. The zero-order chi connectivity index (χ0) is 21.6. The molecule has 30 heavy (non-hydrogen) atoms. The molecule has 8 heteroatoms. The minimum Gasteiger partial charge on any atom is -0.348 e. The number of Topliss-reactive ketones (excluding diaryl/α,β-unsaturated/α-hetero) is 1. The van der Waals surface area contributed by atoms with Crippen molar-refractivity contribution < 1.29 is 18.8 Å². The third-order valence-corrected chi connectivity index (χ3v) is 6.18. The smallest absolute Gasteiger partial charge is 0.244 e. The fourth-order valence-electron chi connectivity index (χ4n) is 4.44. The molecule has 2 heterocycles. The standard InChI is InChI=1S/C22H27FN4O3/c1-12(2)16(23)10-24-22(30)19-9-14-8-18(14)27(19)20(29)11-26-17-7-5-4-6-15(17)21(25-26)13(3)28/h4-7,14,18-19,21,25H,8-11H2,1-3H3,(H,24,30)/t14-,18-,19+,21?/m1/s1. The van der Waals surface area contributed by atoms with Crippen LogP contribution in [0.25, 0.3) is 0 Å². The summed E-state index contributed by atoms with van der Waals surface area (Å²) in [6.45, 7) is 4.68. The Bertz CT molecular complexity index is 927. The number of carbonyl (C=O) groups excluding carboxylic acids is 3. The Hall–Kier alpha value is -2.74. The van der Waals surface area contributed by atoms with E-state index in [0.29, 0.717) is 17.9 Å². The van der Waals surface area contributed by atoms with Gasteiger partial charge in [-0.1, -0.05) is 18.2 Å². The molecule has 0 radical (unpaired) electrons. The predicted molar refractivity (Wildman–Crippen MR) is 110 cm³/mol. The molecule has 7 nitrogen and oxygen atoms in total. The van der Waals surface area contributed by atoms with E-state index >= 15 is 0 Å². The van der Waals surface area contributed by atoms with E-state index in [4.69, 9.17) is 0 Å². The molecule has 2 amide bonds. The molecule has 1 saturated carbocycles. The Labute approximate surface area is 175 Å². The predicted octanol–water partition coefficient (Wildman–Crippen LogP) is 2.01. The summed E-state index contributed by atoms with van der Waals surface area (Å²) in [5, 5.41) is 4.32. The number of halogens is 1. The van der Waals surface area contributed by atoms with Crippen LogP contribution in [0.15, 0.2) is 35.7 Å². The largest absolute Gasteiger partial charge is 0.348 e. The molecule has 1 aromatic rings. The van der Waals surface area contributed by atoms with Crippen LogP contribution < -0.4 is 15.8 Å². The Morgan fingerprint density at radius 3 is 2.60 bits per heavy atom. The van der Waals surface area contributed by atoms with Gasteiger partial charge in [0.15, 0.2) is 5.78 Å². The number of hydrogen-bond donors (Lipinski definition) is 2. The number of allylic oxidation sites excluding steroid dienone is 1. The second-order valence-electron chi connectivity index (χ2n) is 8.56. The minimum atomic E-state index is -0.576. The van der Waals surface area contributed by atoms with E-state index in [2.05, 4.69) is 10.7 Å². The van der Waals surface area contributed by atoms with Crippen LogP contribution in [0.2, 0.25) is 0 Å². The van der Waals surface area contributed by atoms with E-state index in [1.165, 1.54) is 6.92 Å². The first-order valence-corrected chi connectivity index (χ1v) is 10.3. The molecule has 0 aromatic heterocycles. The second kappa shape index (κ2) is 7.83. The molecule has 2 N–H and O–H groups in total. The average molecular weight is 414 g/mol. The first-order chi connectivity index (χ1) is 14.3. The van der Waals surface area contributed by atoms with Gasteiger partial charge in [-0.3, -0.25) is 19.4 Å². The maximum atomic E-state index is 13.8. The second-order valence-corrected chi connectivity index (χ2v) is 8.56. The number of ketones is 1. The molecular weight excluding hydrogens is 387 g/mol. The highest BCUT2D eigenvalue weighted by molar-refractivity contribution is 5.92. The molecule has 4 atom stereocenters. The number of amides is 2. The SMILES string of the molecule is CC(=O)C1NN(CC(=O)N2[C@@H]3C[C@@H]3C[C@H]2C(=O)NCC(F)=C(C)C)c2ccccc21. The third-order valence-electron chi connectivity index (χ3n) is 6.18. The average Bonchev–Trinajstić information content (AvgIpc) is 3.21. The number of carbonyl (C=O) groups is 3. The van der Waals surface area contributed by atoms with Gasteiger partial charge >= 0.3 is 0 Å². The molecule has 0 bridgehead atoms. The summed E-state index contributed by atoms with van der Waals surface area (Å²) in [6, 6.07) is 6.49. The third kappa shape index (κ3) is 3.71. The summed E-state index contributed by atoms with van der Waals surface area (Å²) in [5.41, 5.74) is 5.28. The van der Waals surface area contributed by atoms with E-state index in [1.54, 1.807) is 23.8 Å². The number of hydrazine groups is 1. The van der Waals surface area contributed by atoms with Crippen molar-refractivity contribution in [1.29, 1.82) is 0 Å². The van der Waals surface area contributed by atoms with E-state index < -0.39 is 12.1 Å². The summed E-state index contributed by atoms with van der Waals surface area (Å²) >= 11 is 0. The van der Waals surface area contributed by atoms with Crippen LogP contribution in [0.5, 0.6) is 0 Å². The van der Waals surface area contributed by atoms with E-state index in [9.17, 15) is 18.8 Å². The molecular formula is C22H27FN4O3. The van der Waals surface area contributed by atoms with Gasteiger partial charge in [0.25, 0.3) is 0 Å². The Balaban J connectivity index is 1.46. The van der Waals surface area contributed by atoms with Crippen molar-refractivity contribution in [3.8, 4) is 0 Å². The number of likely N-dealkylation sites (tertiary alicyclic amines) is 1. The van der Waals surface area contributed by atoms with Gasteiger partial charge in [-0.2, -0.15) is 0 Å². The highest BCUT2D eigenvalue weighted by atomic mass is 19.1. The van der Waals surface area contributed by atoms with Gasteiger partial charge < -0.3 is 10.2 Å². The molecule has 1 aromatic carbocycles. The van der Waals surface area contributed by atoms with Crippen molar-refractivity contribution in [3.05, 3.63) is 41.2 Å². The van der Waals surface area contributed by atoms with Gasteiger partial charge in [-0.15, -0.1) is 0 Å². The summed E-state index contributed by atoms with van der Waals surface area (Å²) in [5.74, 6) is -0.545. The number of nitrogens with zero attached hydrogens (tertiary/aromatic N) is 2. The molecule has 2 aliphatic heterocycles. The number of rotatable bonds is 6. The lowest BCUT2D eigenvalue weighted by Crippen LogP contribution is -2.52. The number of anilines is 1. The van der Waals surface area contributed by atoms with Crippen LogP contribution in [-0.2, 0) is 14.4 Å². The van der Waals surface area contributed by atoms with Crippen LogP contribution in [0.1, 0.15) is 45.2 Å². The first-order valence-electron chi connectivity index (χ1n) is 10.3. The molecule has 0 spiro atoms. The summed E-state index contributed by atoms with van der Waals surface area (Å²) < 4.78 is 13.8. The first kappa shape index (κ1) is 20.5. The lowest BCUT2D eigenvalue weighted by molar-refractivity contribution is -0.138. The molecule has 1 unspecified atom stereocenters. The minimum absolute atomic E-state index is 0.0239. The number of nitrogens with one attached hydrogen (secondary N) is 2. The van der Waals surface area contributed by atoms with E-state index in [1.807, 2.05) is 24.3 Å². The van der Waals surface area contributed by atoms with Crippen molar-refractivity contribution in [3.63, 3.8) is 0 Å². The van der Waals surface area contributed by atoms with Gasteiger partial charge in [0.2, 0.25) is 11.8 Å². The highest BCUT2D eigenvalue weighted by Gasteiger charge is 2.56. The normalized spacial score (nSPS) is 26.1. The number of para-hydroxylation sites is 1. The zero-order valence-corrected chi connectivity index (χ0v) is 17.4. The number of fused-ring (bicyclic) bond motifs is 2. The van der Waals surface area contributed by atoms with Gasteiger partial charge in [0, 0.05) is 11.6 Å². The Morgan fingerprint density at radius 2 is 1.90 bits per heavy atom. The molecule has 160 valence electrons. The molecule has 3 aliphatic rings. The molecule has 1 saturated heterocycles. The van der Waals surface area contributed by atoms with E-state index in [-0.39, 0.29) is 42.6 Å². The quantitative estimate of drug-likeness (QED) is 0.744. The van der Waals surface area contributed by atoms with Crippen LogP contribution in [-0.4, -0.2) is 47.7 Å². The van der Waals surface area contributed by atoms with E-state index in [0.717, 1.165) is 17.7 Å². The van der Waals surface area contributed by atoms with Gasteiger partial charge in [0.05, 0.1) is 12.2 Å². The zero-order valence-electron chi connectivity index (χ0n) is 17.4. The summed E-state index contributed by atoms with van der Waals surface area (Å²) in [7, 11) is 0. The molecule has 2 fully saturated rings. The van der Waals surface area contributed by atoms with Crippen LogP contribution in [0.3, 0.4) is 0 Å². The van der Waals surface area contributed by atoms with Crippen LogP contribution in [0, 0.1) is 5.92 Å². The maximum Gasteiger partial charge on any atom is 0.244 e. The monoisotopic (exact) mass is 414 g/mol. The molecule has 4 rings (SSSR count). The topological polar surface area (TPSA) is 81.8 Å². The van der Waals surface area contributed by atoms with Crippen LogP contribution in [0.4, 0.5) is 10.1 Å². The van der Waals surface area contributed by atoms with Crippen molar-refractivity contribution in [1.82, 2.24) is 15.6 Å². The van der Waals surface area contributed by atoms with Gasteiger partial charge in [0.1, 0.15) is 24.5 Å². The van der Waals surface area contributed by atoms with Crippen molar-refractivity contribution >= 4 is 23.3 Å². The fraction of sp³-hybridized carbons (Fsp3) is 0.500. The van der Waals surface area contributed by atoms with Gasteiger partial charge in [-0.25, -0.2) is 9.82 Å². The summed E-state index contributed by atoms with van der Waals surface area (Å²) in [6.07, 6.45) is 1.51.